The minimum atomic E-state index is -1.17. The van der Waals surface area contributed by atoms with Crippen molar-refractivity contribution in [3.63, 3.8) is 0 Å². The second kappa shape index (κ2) is 10.5. The molecule has 0 spiro atoms. The first-order chi connectivity index (χ1) is 12.3. The Kier molecular flexibility index (Phi) is 8.77. The van der Waals surface area contributed by atoms with Gasteiger partial charge in [0.1, 0.15) is 0 Å². The van der Waals surface area contributed by atoms with Crippen molar-refractivity contribution in [3.8, 4) is 0 Å². The summed E-state index contributed by atoms with van der Waals surface area (Å²) in [6.07, 6.45) is 3.55. The van der Waals surface area contributed by atoms with Crippen molar-refractivity contribution in [2.75, 3.05) is 13.2 Å². The number of hydrogen-bond acceptors (Lipinski definition) is 6. The van der Waals surface area contributed by atoms with Crippen LogP contribution in [0.3, 0.4) is 0 Å². The van der Waals surface area contributed by atoms with Crippen molar-refractivity contribution < 1.29 is 19.4 Å². The zero-order valence-electron chi connectivity index (χ0n) is 15.5. The number of carbonyl (C=O) groups is 2. The number of nitrogens with zero attached hydrogens (tertiary/aromatic N) is 2. The van der Waals surface area contributed by atoms with Crippen LogP contribution in [0.25, 0.3) is 0 Å². The molecule has 0 atom stereocenters. The van der Waals surface area contributed by atoms with Gasteiger partial charge in [0.05, 0.1) is 18.8 Å². The maximum absolute atomic E-state index is 12.4. The Labute approximate surface area is 151 Å². The van der Waals surface area contributed by atoms with Crippen LogP contribution in [0, 0.1) is 5.92 Å². The monoisotopic (exact) mass is 369 g/mol. The Morgan fingerprint density at radius 1 is 1.23 bits per heavy atom. The lowest BCUT2D eigenvalue weighted by molar-refractivity contribution is 0.132. The molecule has 0 saturated heterocycles. The number of unbranched alkanes of at least 4 members (excludes halogenated alkanes) is 3. The van der Waals surface area contributed by atoms with Gasteiger partial charge in [0.25, 0.3) is 5.56 Å². The van der Waals surface area contributed by atoms with Gasteiger partial charge in [0, 0.05) is 12.7 Å². The Bertz CT molecular complexity index is 735. The minimum absolute atomic E-state index is 0.00400. The topological polar surface area (TPSA) is 120 Å². The fraction of sp³-hybridized carbons (Fsp3) is 0.647. The largest absolute Gasteiger partial charge is 0.448 e. The number of rotatable bonds is 8. The molecule has 0 unspecified atom stereocenters. The van der Waals surface area contributed by atoms with Gasteiger partial charge < -0.3 is 15.2 Å². The normalized spacial score (nSPS) is 10.8. The van der Waals surface area contributed by atoms with Crippen molar-refractivity contribution in [2.24, 2.45) is 5.92 Å². The fourth-order valence-corrected chi connectivity index (χ4v) is 2.15. The van der Waals surface area contributed by atoms with Crippen LogP contribution in [0.15, 0.2) is 15.8 Å². The molecule has 1 heterocycles. The standard InChI is InChI=1S/C17H27N3O6/c1-4-5-6-7-8-18-15(23)19-9-13(10-21)14(22)20(16(19)24)17(25)26-11-12(2)3/h9,12,21H,4-8,10-11H2,1-3H3,(H,18,23). The zero-order valence-corrected chi connectivity index (χ0v) is 15.5. The van der Waals surface area contributed by atoms with Gasteiger partial charge in [-0.3, -0.25) is 4.79 Å². The molecular formula is C17H27N3O6. The van der Waals surface area contributed by atoms with Gasteiger partial charge in [-0.2, -0.15) is 4.57 Å². The fourth-order valence-electron chi connectivity index (χ4n) is 2.15. The summed E-state index contributed by atoms with van der Waals surface area (Å²) >= 11 is 0. The third-order valence-corrected chi connectivity index (χ3v) is 3.58. The van der Waals surface area contributed by atoms with E-state index in [9.17, 15) is 24.3 Å². The summed E-state index contributed by atoms with van der Waals surface area (Å²) in [5, 5.41) is 11.9. The van der Waals surface area contributed by atoms with Crippen LogP contribution < -0.4 is 16.6 Å². The summed E-state index contributed by atoms with van der Waals surface area (Å²) in [5.74, 6) is 0.00400. The number of aliphatic hydroxyl groups excluding tert-OH is 1. The second-order valence-electron chi connectivity index (χ2n) is 6.37. The van der Waals surface area contributed by atoms with E-state index in [-0.39, 0.29) is 22.7 Å². The van der Waals surface area contributed by atoms with Crippen LogP contribution in [-0.2, 0) is 11.3 Å². The maximum Gasteiger partial charge on any atom is 0.425 e. The molecule has 1 aromatic rings. The highest BCUT2D eigenvalue weighted by Gasteiger charge is 2.21. The van der Waals surface area contributed by atoms with E-state index in [0.29, 0.717) is 11.1 Å². The van der Waals surface area contributed by atoms with E-state index >= 15 is 0 Å². The van der Waals surface area contributed by atoms with Crippen molar-refractivity contribution in [1.29, 1.82) is 0 Å². The number of hydrogen-bond donors (Lipinski definition) is 2. The quantitative estimate of drug-likeness (QED) is 0.666. The van der Waals surface area contributed by atoms with E-state index in [2.05, 4.69) is 12.2 Å². The first-order valence-corrected chi connectivity index (χ1v) is 8.77. The van der Waals surface area contributed by atoms with E-state index in [0.717, 1.165) is 31.9 Å². The van der Waals surface area contributed by atoms with Crippen LogP contribution >= 0.6 is 0 Å². The number of ether oxygens (including phenoxy) is 1. The molecule has 0 aliphatic rings. The third-order valence-electron chi connectivity index (χ3n) is 3.58. The molecule has 0 aliphatic carbocycles. The summed E-state index contributed by atoms with van der Waals surface area (Å²) in [4.78, 5) is 48.9. The van der Waals surface area contributed by atoms with Crippen molar-refractivity contribution in [2.45, 2.75) is 53.1 Å². The van der Waals surface area contributed by atoms with Crippen molar-refractivity contribution in [3.05, 3.63) is 32.6 Å². The summed E-state index contributed by atoms with van der Waals surface area (Å²) in [6.45, 7) is 5.31. The summed E-state index contributed by atoms with van der Waals surface area (Å²) in [6, 6.07) is -0.772. The van der Waals surface area contributed by atoms with E-state index in [1.165, 1.54) is 0 Å². The second-order valence-corrected chi connectivity index (χ2v) is 6.37. The van der Waals surface area contributed by atoms with E-state index < -0.39 is 30.0 Å². The van der Waals surface area contributed by atoms with Gasteiger partial charge >= 0.3 is 17.8 Å². The lowest BCUT2D eigenvalue weighted by Crippen LogP contribution is -2.49. The molecule has 0 aromatic carbocycles. The minimum Gasteiger partial charge on any atom is -0.448 e. The molecule has 2 N–H and O–H groups in total. The summed E-state index contributed by atoms with van der Waals surface area (Å²) in [7, 11) is 0. The van der Waals surface area contributed by atoms with Crippen LogP contribution in [0.1, 0.15) is 52.0 Å². The molecule has 0 bridgehead atoms. The molecule has 1 amide bonds. The molecule has 1 aromatic heterocycles. The molecule has 1 rings (SSSR count). The van der Waals surface area contributed by atoms with Crippen LogP contribution in [0.2, 0.25) is 0 Å². The average Bonchev–Trinajstić information content (AvgIpc) is 2.59. The van der Waals surface area contributed by atoms with Gasteiger partial charge in [-0.15, -0.1) is 0 Å². The number of nitrogens with one attached hydrogen (secondary N) is 1. The highest BCUT2D eigenvalue weighted by atomic mass is 16.6. The Morgan fingerprint density at radius 3 is 2.50 bits per heavy atom. The van der Waals surface area contributed by atoms with E-state index in [4.69, 9.17) is 4.74 Å². The predicted molar refractivity (Wildman–Crippen MR) is 95.4 cm³/mol. The molecule has 9 heteroatoms. The van der Waals surface area contributed by atoms with Gasteiger partial charge in [0.15, 0.2) is 0 Å². The highest BCUT2D eigenvalue weighted by Crippen LogP contribution is 1.98. The van der Waals surface area contributed by atoms with Crippen molar-refractivity contribution >= 4 is 12.1 Å². The lowest BCUT2D eigenvalue weighted by Gasteiger charge is -2.12. The molecule has 26 heavy (non-hydrogen) atoms. The maximum atomic E-state index is 12.4. The zero-order chi connectivity index (χ0) is 19.7. The predicted octanol–water partition coefficient (Wildman–Crippen LogP) is 1.28. The van der Waals surface area contributed by atoms with Gasteiger partial charge in [-0.25, -0.2) is 19.0 Å². The number of aliphatic hydroxyl groups is 1. The SMILES string of the molecule is CCCCCCNC(=O)n1cc(CO)c(=O)n(C(=O)OCC(C)C)c1=O. The molecule has 146 valence electrons. The molecule has 0 saturated carbocycles. The molecule has 0 fully saturated rings. The molecule has 0 radical (unpaired) electrons. The Balaban J connectivity index is 3.08. The highest BCUT2D eigenvalue weighted by molar-refractivity contribution is 5.77. The van der Waals surface area contributed by atoms with Crippen LogP contribution in [0.5, 0.6) is 0 Å². The molecule has 9 nitrogen and oxygen atoms in total. The molecular weight excluding hydrogens is 342 g/mol. The Morgan fingerprint density at radius 2 is 1.92 bits per heavy atom. The Hall–Kier alpha value is -2.42. The van der Waals surface area contributed by atoms with Gasteiger partial charge in [-0.05, 0) is 12.3 Å². The summed E-state index contributed by atoms with van der Waals surface area (Å²) < 4.78 is 5.74. The number of aromatic nitrogens is 2. The van der Waals surface area contributed by atoms with Crippen LogP contribution in [-0.4, -0.2) is 39.5 Å². The number of carbonyl (C=O) groups excluding carboxylic acids is 2. The van der Waals surface area contributed by atoms with E-state index in [1.807, 2.05) is 0 Å². The van der Waals surface area contributed by atoms with Crippen molar-refractivity contribution in [1.82, 2.24) is 14.5 Å². The van der Waals surface area contributed by atoms with Crippen LogP contribution in [0.4, 0.5) is 9.59 Å². The van der Waals surface area contributed by atoms with Gasteiger partial charge in [-0.1, -0.05) is 40.0 Å². The van der Waals surface area contributed by atoms with E-state index in [1.54, 1.807) is 13.8 Å². The lowest BCUT2D eigenvalue weighted by atomic mass is 10.2. The first kappa shape index (κ1) is 21.6. The first-order valence-electron chi connectivity index (χ1n) is 8.77. The summed E-state index contributed by atoms with van der Waals surface area (Å²) in [5.41, 5.74) is -2.39. The molecule has 0 aliphatic heterocycles. The average molecular weight is 369 g/mol. The smallest absolute Gasteiger partial charge is 0.425 e. The third kappa shape index (κ3) is 5.83. The number of amides is 1. The van der Waals surface area contributed by atoms with Gasteiger partial charge in [0.2, 0.25) is 0 Å².